The highest BCUT2D eigenvalue weighted by molar-refractivity contribution is 5.99. The zero-order chi connectivity index (χ0) is 15.9. The van der Waals surface area contributed by atoms with Gasteiger partial charge in [-0.1, -0.05) is 6.08 Å². The zero-order valence-corrected chi connectivity index (χ0v) is 12.2. The van der Waals surface area contributed by atoms with E-state index in [0.29, 0.717) is 43.9 Å². The van der Waals surface area contributed by atoms with Gasteiger partial charge in [0.1, 0.15) is 0 Å². The van der Waals surface area contributed by atoms with Crippen molar-refractivity contribution in [1.82, 2.24) is 20.1 Å². The first-order chi connectivity index (χ1) is 10.7. The van der Waals surface area contributed by atoms with E-state index in [1.807, 2.05) is 0 Å². The minimum absolute atomic E-state index is 0.184. The van der Waals surface area contributed by atoms with E-state index in [0.717, 1.165) is 6.41 Å². The molecule has 1 aromatic rings. The predicted molar refractivity (Wildman–Crippen MR) is 80.3 cm³/mol. The molecule has 1 fully saturated rings. The van der Waals surface area contributed by atoms with Crippen molar-refractivity contribution >= 4 is 18.2 Å². The fourth-order valence-corrected chi connectivity index (χ4v) is 2.16. The number of carbonyl (C=O) groups is 3. The van der Waals surface area contributed by atoms with Crippen LogP contribution in [0.2, 0.25) is 0 Å². The Morgan fingerprint density at radius 2 is 1.91 bits per heavy atom. The van der Waals surface area contributed by atoms with Gasteiger partial charge in [0, 0.05) is 45.1 Å². The summed E-state index contributed by atoms with van der Waals surface area (Å²) in [5.74, 6) is -0.482. The van der Waals surface area contributed by atoms with Gasteiger partial charge in [-0.3, -0.25) is 19.4 Å². The van der Waals surface area contributed by atoms with E-state index < -0.39 is 0 Å². The molecule has 1 aromatic heterocycles. The van der Waals surface area contributed by atoms with Gasteiger partial charge in [-0.25, -0.2) is 0 Å². The molecule has 2 rings (SSSR count). The van der Waals surface area contributed by atoms with Crippen molar-refractivity contribution in [2.45, 2.75) is 0 Å². The Morgan fingerprint density at radius 3 is 2.55 bits per heavy atom. The molecule has 0 radical (unpaired) electrons. The number of rotatable bonds is 5. The molecule has 3 amide bonds. The smallest absolute Gasteiger partial charge is 0.255 e. The molecule has 0 saturated carbocycles. The molecule has 1 saturated heterocycles. The van der Waals surface area contributed by atoms with Crippen LogP contribution in [0.3, 0.4) is 0 Å². The van der Waals surface area contributed by atoms with Crippen LogP contribution < -0.4 is 5.32 Å². The highest BCUT2D eigenvalue weighted by atomic mass is 16.2. The van der Waals surface area contributed by atoms with Crippen LogP contribution in [0.4, 0.5) is 0 Å². The molecule has 0 unspecified atom stereocenters. The largest absolute Gasteiger partial charge is 0.349 e. The van der Waals surface area contributed by atoms with E-state index in [2.05, 4.69) is 16.9 Å². The second-order valence-electron chi connectivity index (χ2n) is 4.89. The maximum Gasteiger partial charge on any atom is 0.255 e. The van der Waals surface area contributed by atoms with Crippen molar-refractivity contribution in [3.05, 3.63) is 42.2 Å². The fourth-order valence-electron chi connectivity index (χ4n) is 2.16. The summed E-state index contributed by atoms with van der Waals surface area (Å²) >= 11 is 0. The van der Waals surface area contributed by atoms with Crippen LogP contribution in [0, 0.1) is 0 Å². The quantitative estimate of drug-likeness (QED) is 0.609. The maximum atomic E-state index is 12.4. The van der Waals surface area contributed by atoms with Crippen molar-refractivity contribution < 1.29 is 14.4 Å². The minimum Gasteiger partial charge on any atom is -0.349 e. The Balaban J connectivity index is 2.05. The third-order valence-corrected chi connectivity index (χ3v) is 3.40. The molecule has 0 bridgehead atoms. The Bertz CT molecular complexity index is 580. The van der Waals surface area contributed by atoms with E-state index in [9.17, 15) is 14.4 Å². The standard InChI is InChI=1S/C15H18N4O3/c1-2-3-17-14(21)12-8-13(10-16-9-12)15(22)19-6-4-18(11-20)5-7-19/h2,8-11H,1,3-7H2,(H,17,21). The monoisotopic (exact) mass is 302 g/mol. The normalized spacial score (nSPS) is 14.4. The third-order valence-electron chi connectivity index (χ3n) is 3.40. The van der Waals surface area contributed by atoms with Crippen molar-refractivity contribution in [3.8, 4) is 0 Å². The van der Waals surface area contributed by atoms with Crippen LogP contribution in [0.5, 0.6) is 0 Å². The SMILES string of the molecule is C=CCNC(=O)c1cncc(C(=O)N2CCN(C=O)CC2)c1. The first kappa shape index (κ1) is 15.7. The van der Waals surface area contributed by atoms with Crippen LogP contribution in [0.15, 0.2) is 31.1 Å². The van der Waals surface area contributed by atoms with Gasteiger partial charge in [0.2, 0.25) is 6.41 Å². The molecule has 1 aliphatic rings. The minimum atomic E-state index is -0.298. The van der Waals surface area contributed by atoms with E-state index >= 15 is 0 Å². The third kappa shape index (κ3) is 3.69. The van der Waals surface area contributed by atoms with Gasteiger partial charge in [0.15, 0.2) is 0 Å². The molecule has 0 atom stereocenters. The highest BCUT2D eigenvalue weighted by Gasteiger charge is 2.22. The lowest BCUT2D eigenvalue weighted by atomic mass is 10.1. The van der Waals surface area contributed by atoms with Gasteiger partial charge in [0.25, 0.3) is 11.8 Å². The Labute approximate surface area is 128 Å². The summed E-state index contributed by atoms with van der Waals surface area (Å²) in [6.45, 7) is 5.86. The van der Waals surface area contributed by atoms with Crippen molar-refractivity contribution in [2.75, 3.05) is 32.7 Å². The Morgan fingerprint density at radius 1 is 1.23 bits per heavy atom. The second-order valence-corrected chi connectivity index (χ2v) is 4.89. The number of hydrogen-bond donors (Lipinski definition) is 1. The summed E-state index contributed by atoms with van der Waals surface area (Å²) in [7, 11) is 0. The number of nitrogens with zero attached hydrogens (tertiary/aromatic N) is 3. The second kappa shape index (κ2) is 7.35. The number of amides is 3. The highest BCUT2D eigenvalue weighted by Crippen LogP contribution is 2.09. The first-order valence-corrected chi connectivity index (χ1v) is 6.98. The predicted octanol–water partition coefficient (Wildman–Crippen LogP) is -0.0884. The summed E-state index contributed by atoms with van der Waals surface area (Å²) in [5.41, 5.74) is 0.699. The van der Waals surface area contributed by atoms with Gasteiger partial charge in [0.05, 0.1) is 11.1 Å². The zero-order valence-electron chi connectivity index (χ0n) is 12.2. The summed E-state index contributed by atoms with van der Waals surface area (Å²) in [5, 5.41) is 2.64. The molecule has 1 N–H and O–H groups in total. The van der Waals surface area contributed by atoms with E-state index in [4.69, 9.17) is 0 Å². The van der Waals surface area contributed by atoms with E-state index in [-0.39, 0.29) is 11.8 Å². The molecule has 0 aromatic carbocycles. The van der Waals surface area contributed by atoms with Crippen molar-refractivity contribution in [2.24, 2.45) is 0 Å². The van der Waals surface area contributed by atoms with E-state index in [1.54, 1.807) is 15.9 Å². The van der Waals surface area contributed by atoms with Crippen LogP contribution in [0.1, 0.15) is 20.7 Å². The number of hydrogen-bond acceptors (Lipinski definition) is 4. The molecule has 2 heterocycles. The van der Waals surface area contributed by atoms with Gasteiger partial charge in [-0.2, -0.15) is 0 Å². The van der Waals surface area contributed by atoms with Crippen LogP contribution in [-0.4, -0.2) is 65.7 Å². The van der Waals surface area contributed by atoms with Crippen LogP contribution >= 0.6 is 0 Å². The summed E-state index contributed by atoms with van der Waals surface area (Å²) in [6, 6.07) is 1.53. The van der Waals surface area contributed by atoms with Gasteiger partial charge in [-0.15, -0.1) is 6.58 Å². The maximum absolute atomic E-state index is 12.4. The molecule has 116 valence electrons. The van der Waals surface area contributed by atoms with Gasteiger partial charge < -0.3 is 15.1 Å². The topological polar surface area (TPSA) is 82.6 Å². The van der Waals surface area contributed by atoms with Gasteiger partial charge >= 0.3 is 0 Å². The number of pyridine rings is 1. The number of carbonyl (C=O) groups excluding carboxylic acids is 3. The molecular weight excluding hydrogens is 284 g/mol. The lowest BCUT2D eigenvalue weighted by Gasteiger charge is -2.32. The van der Waals surface area contributed by atoms with Gasteiger partial charge in [-0.05, 0) is 6.07 Å². The van der Waals surface area contributed by atoms with Crippen LogP contribution in [-0.2, 0) is 4.79 Å². The van der Waals surface area contributed by atoms with Crippen molar-refractivity contribution in [3.63, 3.8) is 0 Å². The Hall–Kier alpha value is -2.70. The molecule has 7 heteroatoms. The number of piperazine rings is 1. The van der Waals surface area contributed by atoms with Crippen molar-refractivity contribution in [1.29, 1.82) is 0 Å². The number of nitrogens with one attached hydrogen (secondary N) is 1. The molecular formula is C15H18N4O3. The Kier molecular flexibility index (Phi) is 5.24. The first-order valence-electron chi connectivity index (χ1n) is 6.98. The summed E-state index contributed by atoms with van der Waals surface area (Å²) in [6.07, 6.45) is 5.22. The van der Waals surface area contributed by atoms with Crippen LogP contribution in [0.25, 0.3) is 0 Å². The van der Waals surface area contributed by atoms with E-state index in [1.165, 1.54) is 18.5 Å². The lowest BCUT2D eigenvalue weighted by Crippen LogP contribution is -2.48. The molecule has 22 heavy (non-hydrogen) atoms. The molecule has 1 aliphatic heterocycles. The molecule has 0 aliphatic carbocycles. The summed E-state index contributed by atoms with van der Waals surface area (Å²) in [4.78, 5) is 42.2. The average Bonchev–Trinajstić information content (AvgIpc) is 2.59. The average molecular weight is 302 g/mol. The molecule has 0 spiro atoms. The molecule has 7 nitrogen and oxygen atoms in total. The summed E-state index contributed by atoms with van der Waals surface area (Å²) < 4.78 is 0. The number of aromatic nitrogens is 1. The fraction of sp³-hybridized carbons (Fsp3) is 0.333. The lowest BCUT2D eigenvalue weighted by molar-refractivity contribution is -0.119.